The largest absolute Gasteiger partial charge is 0.444 e. The Morgan fingerprint density at radius 3 is 2.79 bits per heavy atom. The predicted octanol–water partition coefficient (Wildman–Crippen LogP) is 1.62. The number of rotatable bonds is 4. The van der Waals surface area contributed by atoms with Crippen LogP contribution < -0.4 is 5.32 Å². The Kier molecular flexibility index (Phi) is 3.75. The van der Waals surface area contributed by atoms with E-state index in [9.17, 15) is 10.2 Å². The number of halogens is 1. The molecule has 0 saturated carbocycles. The Morgan fingerprint density at radius 2 is 2.21 bits per heavy atom. The first-order valence-electron chi connectivity index (χ1n) is 5.51. The number of aromatic nitrogens is 1. The summed E-state index contributed by atoms with van der Waals surface area (Å²) in [7, 11) is 0. The normalized spacial score (nSPS) is 11.5. The minimum Gasteiger partial charge on any atom is -0.444 e. The average molecular weight is 326 g/mol. The molecule has 0 amide bonds. The third-order valence-electron chi connectivity index (χ3n) is 2.74. The van der Waals surface area contributed by atoms with Crippen molar-refractivity contribution >= 4 is 32.7 Å². The molecule has 0 unspecified atom stereocenters. The summed E-state index contributed by atoms with van der Waals surface area (Å²) in [6.07, 6.45) is 1.48. The second-order valence-corrected chi connectivity index (χ2v) is 5.22. The number of hydrogen-bond donors (Lipinski definition) is 3. The Bertz CT molecular complexity index is 643. The van der Waals surface area contributed by atoms with Crippen molar-refractivity contribution in [3.05, 3.63) is 22.5 Å². The molecule has 0 bridgehead atoms. The lowest BCUT2D eigenvalue weighted by molar-refractivity contribution is 0.147. The number of furan rings is 1. The van der Waals surface area contributed by atoms with Crippen molar-refractivity contribution in [3.63, 3.8) is 0 Å². The smallest absolute Gasteiger partial charge is 0.204 e. The molecule has 6 nitrogen and oxygen atoms in total. The lowest BCUT2D eigenvalue weighted by atomic mass is 10.1. The van der Waals surface area contributed by atoms with E-state index in [1.165, 1.54) is 6.20 Å². The molecule has 0 saturated heterocycles. The summed E-state index contributed by atoms with van der Waals surface area (Å²) in [5, 5.41) is 31.0. The van der Waals surface area contributed by atoms with Crippen molar-refractivity contribution in [1.82, 2.24) is 4.98 Å². The molecular weight excluding hydrogens is 314 g/mol. The van der Waals surface area contributed by atoms with Crippen molar-refractivity contribution < 1.29 is 14.6 Å². The van der Waals surface area contributed by atoms with Crippen LogP contribution in [0.5, 0.6) is 0 Å². The number of anilines is 1. The van der Waals surface area contributed by atoms with Crippen molar-refractivity contribution in [2.75, 3.05) is 18.5 Å². The molecule has 2 rings (SSSR count). The first-order chi connectivity index (χ1) is 9.03. The van der Waals surface area contributed by atoms with Gasteiger partial charge in [-0.25, -0.2) is 4.98 Å². The van der Waals surface area contributed by atoms with Crippen LogP contribution in [-0.2, 0) is 0 Å². The van der Waals surface area contributed by atoms with Crippen LogP contribution in [0.2, 0.25) is 0 Å². The van der Waals surface area contributed by atoms with Gasteiger partial charge in [-0.15, -0.1) is 0 Å². The van der Waals surface area contributed by atoms with E-state index in [0.717, 1.165) is 0 Å². The van der Waals surface area contributed by atoms with Gasteiger partial charge in [-0.2, -0.15) is 5.26 Å². The molecular formula is C12H12BrN3O3. The first-order valence-corrected chi connectivity index (χ1v) is 6.30. The minimum atomic E-state index is -0.884. The molecule has 0 fully saturated rings. The molecule has 0 spiro atoms. The van der Waals surface area contributed by atoms with Gasteiger partial charge >= 0.3 is 0 Å². The molecule has 7 heteroatoms. The van der Waals surface area contributed by atoms with Gasteiger partial charge in [-0.1, -0.05) is 0 Å². The monoisotopic (exact) mass is 325 g/mol. The van der Waals surface area contributed by atoms with Crippen LogP contribution in [0.4, 0.5) is 5.82 Å². The highest BCUT2D eigenvalue weighted by Gasteiger charge is 2.24. The van der Waals surface area contributed by atoms with Gasteiger partial charge in [0.1, 0.15) is 11.9 Å². The van der Waals surface area contributed by atoms with Gasteiger partial charge < -0.3 is 19.9 Å². The highest BCUT2D eigenvalue weighted by Crippen LogP contribution is 2.32. The maximum atomic E-state index is 9.27. The molecule has 0 aliphatic rings. The third kappa shape index (κ3) is 2.56. The van der Waals surface area contributed by atoms with Gasteiger partial charge in [0.05, 0.1) is 29.4 Å². The predicted molar refractivity (Wildman–Crippen MR) is 72.6 cm³/mol. The Labute approximate surface area is 117 Å². The summed E-state index contributed by atoms with van der Waals surface area (Å²) in [6, 6.07) is 3.52. The van der Waals surface area contributed by atoms with Crippen LogP contribution >= 0.6 is 15.9 Å². The van der Waals surface area contributed by atoms with E-state index in [1.807, 2.05) is 6.07 Å². The second kappa shape index (κ2) is 5.17. The number of aliphatic hydroxyl groups is 2. The minimum absolute atomic E-state index is 0.196. The van der Waals surface area contributed by atoms with E-state index < -0.39 is 5.54 Å². The fourth-order valence-corrected chi connectivity index (χ4v) is 2.05. The summed E-state index contributed by atoms with van der Waals surface area (Å²) >= 11 is 3.38. The number of pyridine rings is 1. The SMILES string of the molecule is CC(CO)(CO)Nc1ncc2oc(C#N)cc2c1Br. The Hall–Kier alpha value is -1.62. The van der Waals surface area contributed by atoms with Gasteiger partial charge in [0.2, 0.25) is 5.76 Å². The highest BCUT2D eigenvalue weighted by atomic mass is 79.9. The van der Waals surface area contributed by atoms with E-state index in [0.29, 0.717) is 21.3 Å². The average Bonchev–Trinajstić information content (AvgIpc) is 2.86. The fourth-order valence-electron chi connectivity index (χ4n) is 1.54. The van der Waals surface area contributed by atoms with E-state index >= 15 is 0 Å². The number of hydrogen-bond acceptors (Lipinski definition) is 6. The summed E-state index contributed by atoms with van der Waals surface area (Å²) in [5.74, 6) is 0.658. The lowest BCUT2D eigenvalue weighted by Gasteiger charge is -2.27. The summed E-state index contributed by atoms with van der Waals surface area (Å²) in [5.41, 5.74) is -0.394. The van der Waals surface area contributed by atoms with Gasteiger partial charge in [0.15, 0.2) is 5.58 Å². The lowest BCUT2D eigenvalue weighted by Crippen LogP contribution is -2.42. The van der Waals surface area contributed by atoms with Crippen LogP contribution in [-0.4, -0.2) is 33.9 Å². The number of nitrogens with zero attached hydrogens (tertiary/aromatic N) is 2. The molecule has 0 radical (unpaired) electrons. The molecule has 2 aromatic heterocycles. The maximum Gasteiger partial charge on any atom is 0.204 e. The maximum absolute atomic E-state index is 9.27. The van der Waals surface area contributed by atoms with Crippen LogP contribution in [0.15, 0.2) is 21.2 Å². The molecule has 3 N–H and O–H groups in total. The highest BCUT2D eigenvalue weighted by molar-refractivity contribution is 9.10. The Morgan fingerprint density at radius 1 is 1.53 bits per heavy atom. The van der Waals surface area contributed by atoms with Crippen molar-refractivity contribution in [2.45, 2.75) is 12.5 Å². The van der Waals surface area contributed by atoms with Gasteiger partial charge in [-0.3, -0.25) is 0 Å². The summed E-state index contributed by atoms with van der Waals surface area (Å²) in [6.45, 7) is 1.18. The van der Waals surface area contributed by atoms with Crippen molar-refractivity contribution in [2.24, 2.45) is 0 Å². The van der Waals surface area contributed by atoms with E-state index in [-0.39, 0.29) is 19.0 Å². The topological polar surface area (TPSA) is 102 Å². The van der Waals surface area contributed by atoms with Crippen LogP contribution in [0.1, 0.15) is 12.7 Å². The molecule has 2 aromatic rings. The zero-order chi connectivity index (χ0) is 14.0. The van der Waals surface area contributed by atoms with Crippen molar-refractivity contribution in [3.8, 4) is 6.07 Å². The fraction of sp³-hybridized carbons (Fsp3) is 0.333. The zero-order valence-electron chi connectivity index (χ0n) is 10.1. The molecule has 0 atom stereocenters. The number of aliphatic hydroxyl groups excluding tert-OH is 2. The van der Waals surface area contributed by atoms with E-state index in [2.05, 4.69) is 26.2 Å². The van der Waals surface area contributed by atoms with E-state index in [4.69, 9.17) is 9.68 Å². The summed E-state index contributed by atoms with van der Waals surface area (Å²) < 4.78 is 5.87. The van der Waals surface area contributed by atoms with Gasteiger partial charge in [0, 0.05) is 11.5 Å². The van der Waals surface area contributed by atoms with Gasteiger partial charge in [0.25, 0.3) is 0 Å². The molecule has 0 aliphatic heterocycles. The number of nitrogens with one attached hydrogen (secondary N) is 1. The van der Waals surface area contributed by atoms with Crippen LogP contribution in [0.3, 0.4) is 0 Å². The Balaban J connectivity index is 2.46. The molecule has 0 aliphatic carbocycles. The van der Waals surface area contributed by atoms with Gasteiger partial charge in [-0.05, 0) is 22.9 Å². The van der Waals surface area contributed by atoms with Crippen molar-refractivity contribution in [1.29, 1.82) is 5.26 Å². The quantitative estimate of drug-likeness (QED) is 0.789. The first kappa shape index (κ1) is 13.8. The third-order valence-corrected chi connectivity index (χ3v) is 3.55. The molecule has 100 valence electrons. The standard InChI is InChI=1S/C12H12BrN3O3/c1-12(5-17,6-18)16-11-10(13)8-2-7(3-14)19-9(8)4-15-11/h2,4,17-18H,5-6H2,1H3,(H,15,16). The van der Waals surface area contributed by atoms with Crippen LogP contribution in [0.25, 0.3) is 11.0 Å². The van der Waals surface area contributed by atoms with Crippen LogP contribution in [0, 0.1) is 11.3 Å². The summed E-state index contributed by atoms with van der Waals surface area (Å²) in [4.78, 5) is 4.15. The molecule has 2 heterocycles. The molecule has 0 aromatic carbocycles. The number of nitriles is 1. The van der Waals surface area contributed by atoms with E-state index in [1.54, 1.807) is 13.0 Å². The zero-order valence-corrected chi connectivity index (χ0v) is 11.7. The molecule has 19 heavy (non-hydrogen) atoms. The second-order valence-electron chi connectivity index (χ2n) is 4.42. The number of fused-ring (bicyclic) bond motifs is 1.